The third-order valence-electron chi connectivity index (χ3n) is 3.77. The smallest absolute Gasteiger partial charge is 0.0300 e. The van der Waals surface area contributed by atoms with E-state index in [0.29, 0.717) is 6.04 Å². The number of aryl methyl sites for hydroxylation is 3. The Bertz CT molecular complexity index is 561. The Hall–Kier alpha value is -1.67. The first-order valence-corrected chi connectivity index (χ1v) is 6.78. The number of rotatable bonds is 4. The molecule has 1 aromatic carbocycles. The summed E-state index contributed by atoms with van der Waals surface area (Å²) in [5.41, 5.74) is 6.59. The van der Waals surface area contributed by atoms with E-state index in [-0.39, 0.29) is 0 Å². The standard InChI is InChI=1S/C17H22N2/c1-12-5-6-16(9-13(12)2)15(4)19-11-17-7-8-18-10-14(17)3/h5-10,15,19H,11H2,1-4H3. The van der Waals surface area contributed by atoms with Gasteiger partial charge in [-0.2, -0.15) is 0 Å². The zero-order valence-corrected chi connectivity index (χ0v) is 12.2. The lowest BCUT2D eigenvalue weighted by atomic mass is 10.0. The molecule has 1 N–H and O–H groups in total. The molecule has 2 aromatic rings. The fraction of sp³-hybridized carbons (Fsp3) is 0.353. The van der Waals surface area contributed by atoms with Crippen molar-refractivity contribution in [1.82, 2.24) is 10.3 Å². The monoisotopic (exact) mass is 254 g/mol. The minimum atomic E-state index is 0.354. The fourth-order valence-corrected chi connectivity index (χ4v) is 2.12. The van der Waals surface area contributed by atoms with E-state index < -0.39 is 0 Å². The molecule has 0 spiro atoms. The molecule has 0 fully saturated rings. The molecule has 0 amide bonds. The van der Waals surface area contributed by atoms with Crippen LogP contribution in [0.3, 0.4) is 0 Å². The Labute approximate surface area is 115 Å². The van der Waals surface area contributed by atoms with Crippen molar-refractivity contribution in [2.75, 3.05) is 0 Å². The van der Waals surface area contributed by atoms with Gasteiger partial charge in [-0.05, 0) is 61.6 Å². The van der Waals surface area contributed by atoms with E-state index in [0.717, 1.165) is 6.54 Å². The first-order chi connectivity index (χ1) is 9.08. The van der Waals surface area contributed by atoms with Crippen LogP contribution in [0.1, 0.15) is 40.8 Å². The lowest BCUT2D eigenvalue weighted by Gasteiger charge is -2.16. The van der Waals surface area contributed by atoms with E-state index in [4.69, 9.17) is 0 Å². The van der Waals surface area contributed by atoms with Crippen LogP contribution in [0.4, 0.5) is 0 Å². The normalized spacial score (nSPS) is 12.4. The summed E-state index contributed by atoms with van der Waals surface area (Å²) in [7, 11) is 0. The van der Waals surface area contributed by atoms with Crippen LogP contribution in [0, 0.1) is 20.8 Å². The molecule has 2 nitrogen and oxygen atoms in total. The molecule has 0 aliphatic carbocycles. The van der Waals surface area contributed by atoms with E-state index in [1.165, 1.54) is 27.8 Å². The minimum absolute atomic E-state index is 0.354. The molecule has 0 saturated heterocycles. The maximum Gasteiger partial charge on any atom is 0.0300 e. The minimum Gasteiger partial charge on any atom is -0.306 e. The van der Waals surface area contributed by atoms with Gasteiger partial charge < -0.3 is 5.32 Å². The zero-order chi connectivity index (χ0) is 13.8. The van der Waals surface area contributed by atoms with Crippen molar-refractivity contribution < 1.29 is 0 Å². The maximum absolute atomic E-state index is 4.12. The topological polar surface area (TPSA) is 24.9 Å². The Morgan fingerprint density at radius 2 is 1.84 bits per heavy atom. The van der Waals surface area contributed by atoms with E-state index in [9.17, 15) is 0 Å². The number of nitrogens with zero attached hydrogens (tertiary/aromatic N) is 1. The highest BCUT2D eigenvalue weighted by Crippen LogP contribution is 2.17. The first-order valence-electron chi connectivity index (χ1n) is 6.78. The average molecular weight is 254 g/mol. The van der Waals surface area contributed by atoms with Gasteiger partial charge in [0.05, 0.1) is 0 Å². The van der Waals surface area contributed by atoms with E-state index >= 15 is 0 Å². The summed E-state index contributed by atoms with van der Waals surface area (Å²) in [5, 5.41) is 3.57. The third kappa shape index (κ3) is 3.42. The number of pyridine rings is 1. The molecule has 2 heteroatoms. The largest absolute Gasteiger partial charge is 0.306 e. The van der Waals surface area contributed by atoms with Crippen LogP contribution in [0.25, 0.3) is 0 Å². The van der Waals surface area contributed by atoms with Crippen molar-refractivity contribution in [1.29, 1.82) is 0 Å². The zero-order valence-electron chi connectivity index (χ0n) is 12.2. The van der Waals surface area contributed by atoms with Crippen molar-refractivity contribution in [2.24, 2.45) is 0 Å². The summed E-state index contributed by atoms with van der Waals surface area (Å²) in [6.07, 6.45) is 3.77. The van der Waals surface area contributed by atoms with Crippen LogP contribution < -0.4 is 5.32 Å². The third-order valence-corrected chi connectivity index (χ3v) is 3.77. The van der Waals surface area contributed by atoms with Crippen LogP contribution in [-0.4, -0.2) is 4.98 Å². The second-order valence-electron chi connectivity index (χ2n) is 5.25. The highest BCUT2D eigenvalue weighted by atomic mass is 14.9. The molecule has 0 bridgehead atoms. The Balaban J connectivity index is 2.03. The van der Waals surface area contributed by atoms with Gasteiger partial charge in [0.25, 0.3) is 0 Å². The number of nitrogens with one attached hydrogen (secondary N) is 1. The predicted molar refractivity (Wildman–Crippen MR) is 80.1 cm³/mol. The van der Waals surface area contributed by atoms with Crippen LogP contribution in [0.2, 0.25) is 0 Å². The van der Waals surface area contributed by atoms with Gasteiger partial charge in [0, 0.05) is 25.0 Å². The fourth-order valence-electron chi connectivity index (χ4n) is 2.12. The van der Waals surface area contributed by atoms with Crippen LogP contribution in [-0.2, 0) is 6.54 Å². The first kappa shape index (κ1) is 13.8. The molecule has 0 aliphatic heterocycles. The van der Waals surface area contributed by atoms with E-state index in [1.54, 1.807) is 0 Å². The van der Waals surface area contributed by atoms with Gasteiger partial charge in [-0.1, -0.05) is 18.2 Å². The van der Waals surface area contributed by atoms with E-state index in [2.05, 4.69) is 62.3 Å². The Morgan fingerprint density at radius 1 is 1.05 bits per heavy atom. The second-order valence-corrected chi connectivity index (χ2v) is 5.25. The molecule has 1 heterocycles. The average Bonchev–Trinajstić information content (AvgIpc) is 2.40. The molecule has 100 valence electrons. The summed E-state index contributed by atoms with van der Waals surface area (Å²) in [6, 6.07) is 9.11. The summed E-state index contributed by atoms with van der Waals surface area (Å²) in [6.45, 7) is 9.50. The molecule has 2 rings (SSSR count). The van der Waals surface area contributed by atoms with Crippen LogP contribution in [0.15, 0.2) is 36.7 Å². The highest BCUT2D eigenvalue weighted by molar-refractivity contribution is 5.31. The molecule has 1 aromatic heterocycles. The van der Waals surface area contributed by atoms with Gasteiger partial charge in [0.2, 0.25) is 0 Å². The molecule has 0 aliphatic rings. The van der Waals surface area contributed by atoms with Gasteiger partial charge in [0.1, 0.15) is 0 Å². The number of aromatic nitrogens is 1. The van der Waals surface area contributed by atoms with Gasteiger partial charge in [-0.25, -0.2) is 0 Å². The van der Waals surface area contributed by atoms with Crippen molar-refractivity contribution in [3.05, 3.63) is 64.5 Å². The lowest BCUT2D eigenvalue weighted by Crippen LogP contribution is -2.18. The number of benzene rings is 1. The summed E-state index contributed by atoms with van der Waals surface area (Å²) in [5.74, 6) is 0. The molecule has 19 heavy (non-hydrogen) atoms. The Morgan fingerprint density at radius 3 is 2.53 bits per heavy atom. The second kappa shape index (κ2) is 5.98. The quantitative estimate of drug-likeness (QED) is 0.896. The van der Waals surface area contributed by atoms with Crippen molar-refractivity contribution >= 4 is 0 Å². The molecular formula is C17H22N2. The van der Waals surface area contributed by atoms with Gasteiger partial charge in [-0.15, -0.1) is 0 Å². The summed E-state index contributed by atoms with van der Waals surface area (Å²) in [4.78, 5) is 4.12. The van der Waals surface area contributed by atoms with Crippen molar-refractivity contribution in [3.63, 3.8) is 0 Å². The van der Waals surface area contributed by atoms with Crippen molar-refractivity contribution in [3.8, 4) is 0 Å². The SMILES string of the molecule is Cc1ccc(C(C)NCc2ccncc2C)cc1C. The molecule has 1 atom stereocenters. The van der Waals surface area contributed by atoms with Gasteiger partial charge in [0.15, 0.2) is 0 Å². The van der Waals surface area contributed by atoms with Gasteiger partial charge in [-0.3, -0.25) is 4.98 Å². The lowest BCUT2D eigenvalue weighted by molar-refractivity contribution is 0.572. The molecule has 0 saturated carbocycles. The summed E-state index contributed by atoms with van der Waals surface area (Å²) < 4.78 is 0. The van der Waals surface area contributed by atoms with Crippen molar-refractivity contribution in [2.45, 2.75) is 40.3 Å². The van der Waals surface area contributed by atoms with Crippen LogP contribution in [0.5, 0.6) is 0 Å². The maximum atomic E-state index is 4.12. The van der Waals surface area contributed by atoms with Gasteiger partial charge >= 0.3 is 0 Å². The summed E-state index contributed by atoms with van der Waals surface area (Å²) >= 11 is 0. The Kier molecular flexibility index (Phi) is 4.33. The molecule has 1 unspecified atom stereocenters. The highest BCUT2D eigenvalue weighted by Gasteiger charge is 2.06. The molecule has 0 radical (unpaired) electrons. The predicted octanol–water partition coefficient (Wildman–Crippen LogP) is 3.86. The number of hydrogen-bond acceptors (Lipinski definition) is 2. The van der Waals surface area contributed by atoms with E-state index in [1.807, 2.05) is 12.4 Å². The van der Waals surface area contributed by atoms with Crippen LogP contribution >= 0.6 is 0 Å². The molecular weight excluding hydrogens is 232 g/mol. The number of hydrogen-bond donors (Lipinski definition) is 1.